The molecular weight excluding hydrogens is 393 g/mol. The summed E-state index contributed by atoms with van der Waals surface area (Å²) in [6.45, 7) is 0. The van der Waals surface area contributed by atoms with Gasteiger partial charge in [-0.3, -0.25) is 0 Å². The average Bonchev–Trinajstić information content (AvgIpc) is 0.918. The van der Waals surface area contributed by atoms with Gasteiger partial charge in [0.25, 0.3) is 0 Å². The van der Waals surface area contributed by atoms with Crippen molar-refractivity contribution >= 4 is 37.2 Å². The van der Waals surface area contributed by atoms with Gasteiger partial charge in [-0.05, 0) is 0 Å². The maximum atomic E-state index is 2.39. The van der Waals surface area contributed by atoms with Crippen LogP contribution in [0, 0.1) is 0 Å². The Morgan fingerprint density at radius 1 is 1.25 bits per heavy atom. The molecule has 0 aliphatic rings. The Kier molecular flexibility index (Phi) is 21.3. The molecule has 0 aromatic carbocycles. The molecule has 0 unspecified atom stereocenters. The van der Waals surface area contributed by atoms with E-state index >= 15 is 0 Å². The fourth-order valence-corrected chi connectivity index (χ4v) is 0. The van der Waals surface area contributed by atoms with Gasteiger partial charge in [-0.1, -0.05) is 7.43 Å². The topological polar surface area (TPSA) is 0 Å². The van der Waals surface area contributed by atoms with E-state index in [2.05, 4.69) is 37.2 Å². The zero-order chi connectivity index (χ0) is 2.71. The molecule has 0 radical (unpaired) electrons. The van der Waals surface area contributed by atoms with Crippen LogP contribution in [-0.4, -0.2) is 0 Å². The van der Waals surface area contributed by atoms with Gasteiger partial charge in [-0.15, -0.1) is 0 Å². The summed E-state index contributed by atoms with van der Waals surface area (Å²) in [7, 11) is 0. The van der Waals surface area contributed by atoms with Crippen molar-refractivity contribution in [2.45, 2.75) is 7.43 Å². The summed E-state index contributed by atoms with van der Waals surface area (Å²) < 4.78 is 0. The summed E-state index contributed by atoms with van der Waals surface area (Å²) in [4.78, 5) is 0. The van der Waals surface area contributed by atoms with Gasteiger partial charge in [0, 0.05) is 0 Å². The van der Waals surface area contributed by atoms with Crippen molar-refractivity contribution in [3.8, 4) is 0 Å². The third-order valence-corrected chi connectivity index (χ3v) is 0. The predicted molar refractivity (Wildman–Crippen MR) is 34.8 cm³/mol. The van der Waals surface area contributed by atoms with Crippen LogP contribution in [0.25, 0.3) is 0 Å². The molecule has 0 aromatic heterocycles. The van der Waals surface area contributed by atoms with Crippen molar-refractivity contribution in [3.05, 3.63) is 0 Å². The summed E-state index contributed by atoms with van der Waals surface area (Å²) in [6.07, 6.45) is 0. The summed E-state index contributed by atoms with van der Waals surface area (Å²) >= 11 is 5.30. The van der Waals surface area contributed by atoms with E-state index in [1.165, 1.54) is 0 Å². The van der Waals surface area contributed by atoms with Crippen molar-refractivity contribution in [1.82, 2.24) is 0 Å². The van der Waals surface area contributed by atoms with E-state index in [9.17, 15) is 0 Å². The molecule has 0 rings (SSSR count). The Labute approximate surface area is 56.7 Å². The third kappa shape index (κ3) is 8.89. The SMILES string of the molecule is C.I[I-]I. The zero-order valence-corrected chi connectivity index (χ0v) is 7.61. The molecule has 0 bridgehead atoms. The van der Waals surface area contributed by atoms with Crippen LogP contribution in [0.4, 0.5) is 0 Å². The van der Waals surface area contributed by atoms with Crippen LogP contribution in [0.5, 0.6) is 0 Å². The van der Waals surface area contributed by atoms with Gasteiger partial charge < -0.3 is 0 Å². The van der Waals surface area contributed by atoms with E-state index in [0.29, 0.717) is 13.3 Å². The molecule has 0 heterocycles. The molecule has 0 aliphatic heterocycles. The molecule has 0 saturated heterocycles. The van der Waals surface area contributed by atoms with Crippen molar-refractivity contribution in [2.75, 3.05) is 0 Å². The first-order valence-electron chi connectivity index (χ1n) is 0.286. The zero-order valence-electron chi connectivity index (χ0n) is 1.13. The van der Waals surface area contributed by atoms with Crippen molar-refractivity contribution < 1.29 is 13.3 Å². The molecule has 0 nitrogen and oxygen atoms in total. The Morgan fingerprint density at radius 2 is 1.25 bits per heavy atom. The van der Waals surface area contributed by atoms with Crippen molar-refractivity contribution in [2.24, 2.45) is 0 Å². The van der Waals surface area contributed by atoms with Gasteiger partial charge in [-0.2, -0.15) is 0 Å². The molecule has 3 heteroatoms. The van der Waals surface area contributed by atoms with Gasteiger partial charge in [0.15, 0.2) is 0 Å². The fraction of sp³-hybridized carbons (Fsp3) is 1.00. The van der Waals surface area contributed by atoms with Gasteiger partial charge in [-0.25, -0.2) is 0 Å². The Bertz CT molecular complexity index is 3.25. The molecule has 0 spiro atoms. The van der Waals surface area contributed by atoms with Crippen LogP contribution >= 0.6 is 37.2 Å². The number of rotatable bonds is 0. The first-order chi connectivity index (χ1) is 1.41. The molecule has 30 valence electrons. The van der Waals surface area contributed by atoms with Crippen LogP contribution in [0.3, 0.4) is 0 Å². The number of hydrogen-bond donors (Lipinski definition) is 0. The first-order valence-corrected chi connectivity index (χ1v) is 12.9. The van der Waals surface area contributed by atoms with E-state index in [0.717, 1.165) is 0 Å². The van der Waals surface area contributed by atoms with E-state index in [-0.39, 0.29) is 7.43 Å². The molecule has 4 heavy (non-hydrogen) atoms. The Hall–Kier alpha value is 2.19. The minimum atomic E-state index is 0. The van der Waals surface area contributed by atoms with E-state index in [1.54, 1.807) is 0 Å². The number of hydrogen-bond acceptors (Lipinski definition) is 0. The van der Waals surface area contributed by atoms with Gasteiger partial charge in [0.2, 0.25) is 0 Å². The monoisotopic (exact) mass is 397 g/mol. The molecular formula is CH4I3-. The molecule has 0 atom stereocenters. The maximum absolute atomic E-state index is 2.39. The summed E-state index contributed by atoms with van der Waals surface area (Å²) in [5, 5.41) is 0. The summed E-state index contributed by atoms with van der Waals surface area (Å²) in [6, 6.07) is 0. The first kappa shape index (κ1) is 9.50. The quantitative estimate of drug-likeness (QED) is 0.480. The molecule has 0 fully saturated rings. The van der Waals surface area contributed by atoms with Crippen LogP contribution in [0.15, 0.2) is 0 Å². The standard InChI is InChI=1S/CH4.I3/c;1-3-2/h1H4;/q;-1. The molecule has 0 saturated carbocycles. The van der Waals surface area contributed by atoms with Crippen molar-refractivity contribution in [1.29, 1.82) is 0 Å². The number of halogens is 3. The van der Waals surface area contributed by atoms with Crippen LogP contribution in [-0.2, 0) is 0 Å². The molecule has 0 aromatic rings. The normalized spacial score (nSPS) is 5.50. The Balaban J connectivity index is 0. The second-order valence-corrected chi connectivity index (χ2v) is 16.3. The Morgan fingerprint density at radius 3 is 1.25 bits per heavy atom. The predicted octanol–water partition coefficient (Wildman–Crippen LogP) is -0.588. The van der Waals surface area contributed by atoms with E-state index < -0.39 is 0 Å². The van der Waals surface area contributed by atoms with Crippen molar-refractivity contribution in [3.63, 3.8) is 0 Å². The van der Waals surface area contributed by atoms with Gasteiger partial charge in [0.1, 0.15) is 0 Å². The second kappa shape index (κ2) is 8.95. The minimum absolute atomic E-state index is 0. The molecule has 0 aliphatic carbocycles. The van der Waals surface area contributed by atoms with E-state index in [4.69, 9.17) is 0 Å². The summed E-state index contributed by atoms with van der Waals surface area (Å²) in [5.74, 6) is 0. The molecule has 0 N–H and O–H groups in total. The second-order valence-electron chi connectivity index (χ2n) is 0.0540. The van der Waals surface area contributed by atoms with Crippen LogP contribution in [0.2, 0.25) is 0 Å². The van der Waals surface area contributed by atoms with Gasteiger partial charge in [0.05, 0.1) is 0 Å². The third-order valence-electron chi connectivity index (χ3n) is 0. The fourth-order valence-electron chi connectivity index (χ4n) is 0. The van der Waals surface area contributed by atoms with Crippen LogP contribution in [0.1, 0.15) is 7.43 Å². The van der Waals surface area contributed by atoms with E-state index in [1.807, 2.05) is 0 Å². The average molecular weight is 397 g/mol. The van der Waals surface area contributed by atoms with Crippen LogP contribution < -0.4 is 13.3 Å². The summed E-state index contributed by atoms with van der Waals surface area (Å²) in [5.41, 5.74) is 0. The van der Waals surface area contributed by atoms with Gasteiger partial charge >= 0.3 is 50.5 Å². The molecule has 0 amide bonds.